The van der Waals surface area contributed by atoms with E-state index in [0.29, 0.717) is 11.0 Å². The number of hydrogen-bond donors (Lipinski definition) is 0. The molecule has 4 heteroatoms. The maximum Gasteiger partial charge on any atom is 0.265 e. The Morgan fingerprint density at radius 2 is 1.14 bits per heavy atom. The molecule has 0 unspecified atom stereocenters. The molecule has 1 aromatic heterocycles. The summed E-state index contributed by atoms with van der Waals surface area (Å²) in [6.45, 7) is 4.64. The van der Waals surface area contributed by atoms with E-state index in [1.807, 2.05) is 42.5 Å². The first-order valence-electron chi connectivity index (χ1n) is 17.7. The molecular formula is C47H37N3O. The second-order valence-electron chi connectivity index (χ2n) is 13.9. The number of hydrogen-bond acceptors (Lipinski definition) is 3. The molecule has 0 saturated carbocycles. The summed E-state index contributed by atoms with van der Waals surface area (Å²) < 4.78 is 1.75. The van der Waals surface area contributed by atoms with Crippen molar-refractivity contribution in [2.75, 3.05) is 4.90 Å². The van der Waals surface area contributed by atoms with Crippen LogP contribution in [0.5, 0.6) is 0 Å². The van der Waals surface area contributed by atoms with Gasteiger partial charge in [-0.1, -0.05) is 117 Å². The number of fused-ring (bicyclic) bond motifs is 4. The van der Waals surface area contributed by atoms with Crippen molar-refractivity contribution in [1.82, 2.24) is 9.55 Å². The Kier molecular flexibility index (Phi) is 7.40. The Morgan fingerprint density at radius 3 is 1.86 bits per heavy atom. The second kappa shape index (κ2) is 12.3. The normalized spacial score (nSPS) is 13.7. The SMILES string of the molecule is CC1(C)c2ccccc2-c2ccc(N(c3ccc(-c4ccccc4)cc3)c3ccc(-c4nc5c(c(=O)n4-c4ccccc4)=CCCC=5)cc3)cc21. The number of aromatic nitrogens is 2. The second-order valence-corrected chi connectivity index (χ2v) is 13.9. The maximum absolute atomic E-state index is 14.0. The van der Waals surface area contributed by atoms with Gasteiger partial charge in [0.15, 0.2) is 0 Å². The van der Waals surface area contributed by atoms with Gasteiger partial charge in [0.1, 0.15) is 5.82 Å². The van der Waals surface area contributed by atoms with Crippen LogP contribution in [0.3, 0.4) is 0 Å². The van der Waals surface area contributed by atoms with Crippen LogP contribution in [-0.4, -0.2) is 9.55 Å². The van der Waals surface area contributed by atoms with E-state index >= 15 is 0 Å². The fraction of sp³-hybridized carbons (Fsp3) is 0.106. The van der Waals surface area contributed by atoms with E-state index in [1.54, 1.807) is 4.57 Å². The quantitative estimate of drug-likeness (QED) is 0.178. The average Bonchev–Trinajstić information content (AvgIpc) is 3.41. The standard InChI is InChI=1S/C47H37N3O/c1-47(2)42-19-11-9-17-39(42)40-30-29-38(31-43(40)47)49(36-25-21-33(22-26-36)32-13-5-3-6-14-32)37-27-23-34(24-28-37)45-48-44-20-12-10-18-41(44)46(51)50(45)35-15-7-4-8-16-35/h3-9,11,13-31H,10,12H2,1-2H3. The first-order chi connectivity index (χ1) is 25.0. The molecular weight excluding hydrogens is 623 g/mol. The zero-order valence-electron chi connectivity index (χ0n) is 28.8. The topological polar surface area (TPSA) is 38.1 Å². The minimum absolute atomic E-state index is 0.0388. The molecule has 9 rings (SSSR count). The van der Waals surface area contributed by atoms with Gasteiger partial charge in [-0.25, -0.2) is 4.98 Å². The third-order valence-corrected chi connectivity index (χ3v) is 10.5. The van der Waals surface area contributed by atoms with Crippen molar-refractivity contribution < 1.29 is 0 Å². The van der Waals surface area contributed by atoms with Crippen LogP contribution in [0.25, 0.3) is 51.5 Å². The summed E-state index contributed by atoms with van der Waals surface area (Å²) in [7, 11) is 0. The van der Waals surface area contributed by atoms with E-state index in [9.17, 15) is 4.79 Å². The maximum atomic E-state index is 14.0. The van der Waals surface area contributed by atoms with Crippen LogP contribution in [0.15, 0.2) is 156 Å². The molecule has 2 aliphatic carbocycles. The lowest BCUT2D eigenvalue weighted by Crippen LogP contribution is -2.48. The highest BCUT2D eigenvalue weighted by atomic mass is 16.1. The van der Waals surface area contributed by atoms with Gasteiger partial charge >= 0.3 is 0 Å². The summed E-state index contributed by atoms with van der Waals surface area (Å²) >= 11 is 0. The Bertz CT molecular complexity index is 2600. The highest BCUT2D eigenvalue weighted by molar-refractivity contribution is 5.86. The van der Waals surface area contributed by atoms with Gasteiger partial charge in [0.2, 0.25) is 0 Å². The number of nitrogens with zero attached hydrogens (tertiary/aromatic N) is 3. The van der Waals surface area contributed by atoms with E-state index in [4.69, 9.17) is 4.98 Å². The van der Waals surface area contributed by atoms with Crippen molar-refractivity contribution >= 4 is 29.2 Å². The van der Waals surface area contributed by atoms with Crippen LogP contribution in [0.4, 0.5) is 17.1 Å². The molecule has 246 valence electrons. The van der Waals surface area contributed by atoms with E-state index < -0.39 is 0 Å². The summed E-state index contributed by atoms with van der Waals surface area (Å²) in [4.78, 5) is 21.4. The van der Waals surface area contributed by atoms with Gasteiger partial charge in [0.05, 0.1) is 16.3 Å². The monoisotopic (exact) mass is 659 g/mol. The highest BCUT2D eigenvalue weighted by Gasteiger charge is 2.35. The van der Waals surface area contributed by atoms with Crippen LogP contribution >= 0.6 is 0 Å². The number of anilines is 3. The van der Waals surface area contributed by atoms with Gasteiger partial charge in [-0.2, -0.15) is 0 Å². The van der Waals surface area contributed by atoms with Crippen LogP contribution in [-0.2, 0) is 5.41 Å². The largest absolute Gasteiger partial charge is 0.310 e. The fourth-order valence-corrected chi connectivity index (χ4v) is 7.83. The Hall–Kier alpha value is -6.26. The summed E-state index contributed by atoms with van der Waals surface area (Å²) in [5, 5.41) is 1.44. The summed E-state index contributed by atoms with van der Waals surface area (Å²) in [5.74, 6) is 0.638. The van der Waals surface area contributed by atoms with Crippen molar-refractivity contribution in [3.05, 3.63) is 184 Å². The average molecular weight is 660 g/mol. The molecule has 4 nitrogen and oxygen atoms in total. The van der Waals surface area contributed by atoms with Gasteiger partial charge < -0.3 is 4.90 Å². The van der Waals surface area contributed by atoms with Gasteiger partial charge in [0, 0.05) is 28.0 Å². The molecule has 0 aliphatic heterocycles. The molecule has 0 fully saturated rings. The van der Waals surface area contributed by atoms with E-state index in [2.05, 4.69) is 140 Å². The highest BCUT2D eigenvalue weighted by Crippen LogP contribution is 2.50. The lowest BCUT2D eigenvalue weighted by Gasteiger charge is -2.28. The third kappa shape index (κ3) is 5.23. The molecule has 0 radical (unpaired) electrons. The molecule has 0 spiro atoms. The molecule has 1 heterocycles. The summed E-state index contributed by atoms with van der Waals surface area (Å²) in [6, 6.07) is 53.2. The Morgan fingerprint density at radius 1 is 0.569 bits per heavy atom. The number of para-hydroxylation sites is 1. The van der Waals surface area contributed by atoms with E-state index in [1.165, 1.54) is 33.4 Å². The molecule has 0 saturated heterocycles. The predicted octanol–water partition coefficient (Wildman–Crippen LogP) is 9.70. The summed E-state index contributed by atoms with van der Waals surface area (Å²) in [6.07, 6.45) is 5.83. The van der Waals surface area contributed by atoms with Crippen LogP contribution in [0.2, 0.25) is 0 Å². The van der Waals surface area contributed by atoms with Crippen molar-refractivity contribution in [2.45, 2.75) is 32.1 Å². The molecule has 51 heavy (non-hydrogen) atoms. The molecule has 0 bridgehead atoms. The molecule has 2 aliphatic rings. The number of rotatable bonds is 6. The Labute approximate surface area is 298 Å². The summed E-state index contributed by atoms with van der Waals surface area (Å²) in [5.41, 5.74) is 12.3. The molecule has 0 atom stereocenters. The van der Waals surface area contributed by atoms with Crippen LogP contribution in [0.1, 0.15) is 37.8 Å². The fourth-order valence-electron chi connectivity index (χ4n) is 7.83. The minimum atomic E-state index is -0.123. The first-order valence-corrected chi connectivity index (χ1v) is 17.7. The Balaban J connectivity index is 1.18. The molecule has 0 N–H and O–H groups in total. The third-order valence-electron chi connectivity index (χ3n) is 10.5. The molecule has 6 aromatic carbocycles. The lowest BCUT2D eigenvalue weighted by molar-refractivity contribution is 0.660. The van der Waals surface area contributed by atoms with Gasteiger partial charge in [-0.15, -0.1) is 0 Å². The first kappa shape index (κ1) is 30.8. The lowest BCUT2D eigenvalue weighted by atomic mass is 9.82. The van der Waals surface area contributed by atoms with Crippen LogP contribution < -0.4 is 21.0 Å². The zero-order valence-corrected chi connectivity index (χ0v) is 28.8. The van der Waals surface area contributed by atoms with Crippen LogP contribution in [0, 0.1) is 0 Å². The van der Waals surface area contributed by atoms with E-state index in [0.717, 1.165) is 46.5 Å². The van der Waals surface area contributed by atoms with Gasteiger partial charge in [-0.05, 0) is 107 Å². The predicted molar refractivity (Wildman–Crippen MR) is 210 cm³/mol. The molecule has 0 amide bonds. The van der Waals surface area contributed by atoms with Crippen molar-refractivity contribution in [2.24, 2.45) is 0 Å². The van der Waals surface area contributed by atoms with Gasteiger partial charge in [0.25, 0.3) is 5.56 Å². The minimum Gasteiger partial charge on any atom is -0.310 e. The zero-order chi connectivity index (χ0) is 34.5. The van der Waals surface area contributed by atoms with Crippen molar-refractivity contribution in [3.63, 3.8) is 0 Å². The number of benzene rings is 6. The van der Waals surface area contributed by atoms with Crippen molar-refractivity contribution in [1.29, 1.82) is 0 Å². The smallest absolute Gasteiger partial charge is 0.265 e. The van der Waals surface area contributed by atoms with Gasteiger partial charge in [-0.3, -0.25) is 9.36 Å². The molecule has 7 aromatic rings. The van der Waals surface area contributed by atoms with E-state index in [-0.39, 0.29) is 11.0 Å². The van der Waals surface area contributed by atoms with Crippen molar-refractivity contribution in [3.8, 4) is 39.3 Å².